The molecule has 7 heteroatoms. The lowest BCUT2D eigenvalue weighted by Crippen LogP contribution is -2.20. The molecule has 3 aromatic carbocycles. The number of furan rings is 1. The molecular weight excluding hydrogens is 490 g/mol. The molecule has 0 aliphatic rings. The summed E-state index contributed by atoms with van der Waals surface area (Å²) in [6.07, 6.45) is 1.63. The fourth-order valence-electron chi connectivity index (χ4n) is 4.71. The van der Waals surface area contributed by atoms with Gasteiger partial charge >= 0.3 is 0 Å². The molecule has 0 saturated heterocycles. The number of ether oxygens (including phenoxy) is 1. The van der Waals surface area contributed by atoms with Crippen molar-refractivity contribution in [1.29, 1.82) is 0 Å². The highest BCUT2D eigenvalue weighted by Crippen LogP contribution is 2.39. The van der Waals surface area contributed by atoms with Gasteiger partial charge in [-0.25, -0.2) is 4.98 Å². The molecule has 5 aromatic rings. The van der Waals surface area contributed by atoms with Crippen LogP contribution in [0.4, 0.5) is 0 Å². The topological polar surface area (TPSA) is 89.9 Å². The smallest absolute Gasteiger partial charge is 0.282 e. The van der Waals surface area contributed by atoms with E-state index in [9.17, 15) is 9.90 Å². The molecule has 7 nitrogen and oxygen atoms in total. The molecule has 0 fully saturated rings. The average Bonchev–Trinajstić information content (AvgIpc) is 3.32. The Labute approximate surface area is 227 Å². The summed E-state index contributed by atoms with van der Waals surface area (Å²) in [5.41, 5.74) is 2.64. The van der Waals surface area contributed by atoms with Gasteiger partial charge in [-0.2, -0.15) is 9.78 Å². The third-order valence-corrected chi connectivity index (χ3v) is 6.79. The lowest BCUT2D eigenvalue weighted by Gasteiger charge is -2.27. The predicted octanol–water partition coefficient (Wildman–Crippen LogP) is 7.00. The third-order valence-electron chi connectivity index (χ3n) is 6.79. The van der Waals surface area contributed by atoms with Crippen molar-refractivity contribution in [3.63, 3.8) is 0 Å². The first kappa shape index (κ1) is 26.2. The van der Waals surface area contributed by atoms with Gasteiger partial charge < -0.3 is 14.3 Å². The van der Waals surface area contributed by atoms with Crippen LogP contribution in [0.2, 0.25) is 0 Å². The van der Waals surface area contributed by atoms with E-state index in [-0.39, 0.29) is 28.0 Å². The van der Waals surface area contributed by atoms with E-state index in [4.69, 9.17) is 14.1 Å². The number of fused-ring (bicyclic) bond motifs is 2. The minimum Gasteiger partial charge on any atom is -0.507 e. The van der Waals surface area contributed by atoms with Crippen LogP contribution in [-0.4, -0.2) is 28.1 Å². The number of phenols is 1. The Morgan fingerprint density at radius 3 is 2.23 bits per heavy atom. The van der Waals surface area contributed by atoms with Gasteiger partial charge in [0.2, 0.25) is 5.82 Å². The molecule has 0 radical (unpaired) electrons. The van der Waals surface area contributed by atoms with Crippen LogP contribution in [0.1, 0.15) is 58.2 Å². The third kappa shape index (κ3) is 4.80. The molecular formula is C32H33N3O4. The Bertz CT molecular complexity index is 1760. The van der Waals surface area contributed by atoms with Gasteiger partial charge in [-0.05, 0) is 58.9 Å². The van der Waals surface area contributed by atoms with Crippen molar-refractivity contribution in [3.05, 3.63) is 87.7 Å². The molecule has 0 spiro atoms. The summed E-state index contributed by atoms with van der Waals surface area (Å²) in [6, 6.07) is 18.4. The van der Waals surface area contributed by atoms with Gasteiger partial charge in [0.05, 0.1) is 29.6 Å². The van der Waals surface area contributed by atoms with Crippen LogP contribution in [0.15, 0.2) is 75.0 Å². The van der Waals surface area contributed by atoms with Crippen LogP contribution in [0.25, 0.3) is 33.5 Å². The summed E-state index contributed by atoms with van der Waals surface area (Å²) in [5.74, 6) is 1.62. The van der Waals surface area contributed by atoms with Crippen LogP contribution < -0.4 is 10.3 Å². The Hall–Kier alpha value is -4.39. The highest BCUT2D eigenvalue weighted by Gasteiger charge is 2.26. The molecule has 5 rings (SSSR count). The van der Waals surface area contributed by atoms with E-state index in [1.165, 1.54) is 4.68 Å². The monoisotopic (exact) mass is 523 g/mol. The van der Waals surface area contributed by atoms with E-state index in [0.29, 0.717) is 28.0 Å². The lowest BCUT2D eigenvalue weighted by atomic mass is 9.78. The zero-order valence-corrected chi connectivity index (χ0v) is 23.4. The summed E-state index contributed by atoms with van der Waals surface area (Å²) in [4.78, 5) is 18.5. The Morgan fingerprint density at radius 1 is 0.923 bits per heavy atom. The summed E-state index contributed by atoms with van der Waals surface area (Å²) < 4.78 is 12.9. The largest absolute Gasteiger partial charge is 0.507 e. The van der Waals surface area contributed by atoms with Gasteiger partial charge in [-0.3, -0.25) is 4.79 Å². The number of hydrogen-bond donors (Lipinski definition) is 1. The van der Waals surface area contributed by atoms with E-state index in [1.54, 1.807) is 31.5 Å². The molecule has 0 amide bonds. The van der Waals surface area contributed by atoms with Crippen LogP contribution in [0, 0.1) is 0 Å². The van der Waals surface area contributed by atoms with Crippen molar-refractivity contribution >= 4 is 28.1 Å². The highest BCUT2D eigenvalue weighted by atomic mass is 16.5. The lowest BCUT2D eigenvalue weighted by molar-refractivity contribution is 0.419. The maximum absolute atomic E-state index is 13.7. The summed E-state index contributed by atoms with van der Waals surface area (Å²) in [6.45, 7) is 12.3. The minimum atomic E-state index is -0.315. The van der Waals surface area contributed by atoms with Crippen molar-refractivity contribution in [2.24, 2.45) is 5.10 Å². The van der Waals surface area contributed by atoms with E-state index in [2.05, 4.69) is 46.6 Å². The molecule has 0 aliphatic heterocycles. The summed E-state index contributed by atoms with van der Waals surface area (Å²) in [5, 5.41) is 17.0. The van der Waals surface area contributed by atoms with Crippen molar-refractivity contribution in [3.8, 4) is 23.1 Å². The van der Waals surface area contributed by atoms with Gasteiger partial charge in [0.1, 0.15) is 17.1 Å². The van der Waals surface area contributed by atoms with E-state index < -0.39 is 0 Å². The number of methoxy groups -OCH3 is 1. The standard InChI is InChI=1S/C32H33N3O4/c1-31(2,3)22-15-19(16-23(28(22)36)32(4,5)6)18-33-35-29(34-24-12-9-8-11-20(24)30(35)37)27-17-21-25(38-7)13-10-14-26(21)39-27/h8-18,36H,1-7H3. The number of para-hydroxylation sites is 1. The quantitative estimate of drug-likeness (QED) is 0.256. The SMILES string of the molecule is COc1cccc2oc(-c3nc4ccccc4c(=O)n3N=Cc3cc(C(C)(C)C)c(O)c(C(C)(C)C)c3)cc12. The van der Waals surface area contributed by atoms with Gasteiger partial charge in [0.15, 0.2) is 5.76 Å². The zero-order valence-electron chi connectivity index (χ0n) is 23.4. The second-order valence-corrected chi connectivity index (χ2v) is 11.8. The van der Waals surface area contributed by atoms with E-state index >= 15 is 0 Å². The van der Waals surface area contributed by atoms with Crippen molar-refractivity contribution < 1.29 is 14.3 Å². The average molecular weight is 524 g/mol. The number of rotatable bonds is 4. The van der Waals surface area contributed by atoms with Gasteiger partial charge in [0.25, 0.3) is 5.56 Å². The number of phenolic OH excluding ortho intramolecular Hbond substituents is 1. The van der Waals surface area contributed by atoms with Crippen LogP contribution in [0.5, 0.6) is 11.5 Å². The normalized spacial score (nSPS) is 12.6. The van der Waals surface area contributed by atoms with Crippen LogP contribution >= 0.6 is 0 Å². The Morgan fingerprint density at radius 2 is 1.59 bits per heavy atom. The molecule has 39 heavy (non-hydrogen) atoms. The van der Waals surface area contributed by atoms with Crippen molar-refractivity contribution in [2.75, 3.05) is 7.11 Å². The van der Waals surface area contributed by atoms with Gasteiger partial charge in [-0.1, -0.05) is 59.7 Å². The molecule has 0 unspecified atom stereocenters. The molecule has 0 atom stereocenters. The molecule has 0 aliphatic carbocycles. The summed E-state index contributed by atoms with van der Waals surface area (Å²) in [7, 11) is 1.60. The number of aromatic nitrogens is 2. The molecule has 0 saturated carbocycles. The second-order valence-electron chi connectivity index (χ2n) is 11.8. The van der Waals surface area contributed by atoms with Crippen molar-refractivity contribution in [1.82, 2.24) is 9.66 Å². The first-order valence-electron chi connectivity index (χ1n) is 12.9. The molecule has 1 N–H and O–H groups in total. The van der Waals surface area contributed by atoms with E-state index in [1.807, 2.05) is 42.5 Å². The van der Waals surface area contributed by atoms with Crippen molar-refractivity contribution in [2.45, 2.75) is 52.4 Å². The first-order valence-corrected chi connectivity index (χ1v) is 12.9. The fraction of sp³-hybridized carbons (Fsp3) is 0.281. The number of benzene rings is 3. The van der Waals surface area contributed by atoms with E-state index in [0.717, 1.165) is 22.1 Å². The minimum absolute atomic E-state index is 0.277. The highest BCUT2D eigenvalue weighted by molar-refractivity contribution is 5.89. The molecule has 2 aromatic heterocycles. The predicted molar refractivity (Wildman–Crippen MR) is 156 cm³/mol. The molecule has 0 bridgehead atoms. The Kier molecular flexibility index (Phi) is 6.33. The maximum atomic E-state index is 13.7. The van der Waals surface area contributed by atoms with Crippen LogP contribution in [0.3, 0.4) is 0 Å². The maximum Gasteiger partial charge on any atom is 0.282 e. The molecule has 2 heterocycles. The number of hydrogen-bond acceptors (Lipinski definition) is 6. The molecule has 200 valence electrons. The first-order chi connectivity index (χ1) is 18.4. The Balaban J connectivity index is 1.74. The van der Waals surface area contributed by atoms with Gasteiger partial charge in [0, 0.05) is 11.1 Å². The number of nitrogens with zero attached hydrogens (tertiary/aromatic N) is 3. The summed E-state index contributed by atoms with van der Waals surface area (Å²) >= 11 is 0. The second kappa shape index (κ2) is 9.42. The van der Waals surface area contributed by atoms with Crippen LogP contribution in [-0.2, 0) is 10.8 Å². The number of aromatic hydroxyl groups is 1. The fourth-order valence-corrected chi connectivity index (χ4v) is 4.71. The van der Waals surface area contributed by atoms with Gasteiger partial charge in [-0.15, -0.1) is 0 Å². The zero-order chi connectivity index (χ0) is 28.1.